The third-order valence-corrected chi connectivity index (χ3v) is 5.04. The molecule has 2 heterocycles. The number of H-pyrrole nitrogens is 1. The molecule has 0 aliphatic rings. The minimum atomic E-state index is -0.565. The van der Waals surface area contributed by atoms with Crippen LogP contribution in [0.25, 0.3) is 23.1 Å². The van der Waals surface area contributed by atoms with Crippen molar-refractivity contribution in [3.8, 4) is 0 Å². The Balaban J connectivity index is 1.61. The van der Waals surface area contributed by atoms with Crippen molar-refractivity contribution < 1.29 is 13.6 Å². The van der Waals surface area contributed by atoms with Gasteiger partial charge in [-0.05, 0) is 47.4 Å². The molecule has 0 atom stereocenters. The van der Waals surface area contributed by atoms with Crippen LogP contribution in [0.1, 0.15) is 16.1 Å². The number of amides is 1. The fraction of sp³-hybridized carbons (Fsp3) is 0.0476. The number of benzene rings is 2. The largest absolute Gasteiger partial charge is 0.323 e. The zero-order chi connectivity index (χ0) is 19.5. The highest BCUT2D eigenvalue weighted by atomic mass is 32.1. The van der Waals surface area contributed by atoms with E-state index in [1.165, 1.54) is 29.5 Å². The van der Waals surface area contributed by atoms with Gasteiger partial charge in [-0.2, -0.15) is 5.10 Å². The molecule has 0 spiro atoms. The molecule has 2 aromatic carbocycles. The first-order valence-electron chi connectivity index (χ1n) is 8.52. The molecular formula is C21H15F2N3OS. The van der Waals surface area contributed by atoms with Gasteiger partial charge in [0.1, 0.15) is 5.82 Å². The summed E-state index contributed by atoms with van der Waals surface area (Å²) in [4.78, 5) is 13.1. The predicted octanol–water partition coefficient (Wildman–Crippen LogP) is 5.25. The third kappa shape index (κ3) is 3.84. The summed E-state index contributed by atoms with van der Waals surface area (Å²) in [6, 6.07) is 12.9. The van der Waals surface area contributed by atoms with E-state index in [1.807, 2.05) is 17.5 Å². The fourth-order valence-electron chi connectivity index (χ4n) is 2.86. The molecule has 140 valence electrons. The number of nitrogens with one attached hydrogen (secondary N) is 2. The lowest BCUT2D eigenvalue weighted by atomic mass is 10.1. The minimum absolute atomic E-state index is 0.0934. The topological polar surface area (TPSA) is 57.8 Å². The summed E-state index contributed by atoms with van der Waals surface area (Å²) >= 11 is 1.47. The smallest absolute Gasteiger partial charge is 0.229 e. The molecule has 0 saturated carbocycles. The Kier molecular flexibility index (Phi) is 4.99. The zero-order valence-corrected chi connectivity index (χ0v) is 15.4. The van der Waals surface area contributed by atoms with Crippen LogP contribution in [0.5, 0.6) is 0 Å². The number of fused-ring (bicyclic) bond motifs is 1. The van der Waals surface area contributed by atoms with Gasteiger partial charge in [-0.15, -0.1) is 11.3 Å². The number of hydrogen-bond donors (Lipinski definition) is 2. The number of halogens is 2. The van der Waals surface area contributed by atoms with Crippen LogP contribution < -0.4 is 5.32 Å². The van der Waals surface area contributed by atoms with Crippen molar-refractivity contribution in [3.63, 3.8) is 0 Å². The first-order chi connectivity index (χ1) is 13.6. The average Bonchev–Trinajstić information content (AvgIpc) is 3.32. The SMILES string of the molecule is O=C(Cc1cccs1)Nc1ccc2[nH]nc(/C=C/c3cccc(F)c3)c2c1F. The molecule has 0 unspecified atom stereocenters. The maximum atomic E-state index is 15.0. The van der Waals surface area contributed by atoms with Crippen molar-refractivity contribution in [2.24, 2.45) is 0 Å². The number of rotatable bonds is 5. The highest BCUT2D eigenvalue weighted by Gasteiger charge is 2.15. The van der Waals surface area contributed by atoms with Gasteiger partial charge in [-0.3, -0.25) is 9.89 Å². The van der Waals surface area contributed by atoms with Crippen LogP contribution in [0.3, 0.4) is 0 Å². The van der Waals surface area contributed by atoms with E-state index in [2.05, 4.69) is 15.5 Å². The molecule has 7 heteroatoms. The molecular weight excluding hydrogens is 380 g/mol. The summed E-state index contributed by atoms with van der Waals surface area (Å²) in [5.74, 6) is -1.21. The van der Waals surface area contributed by atoms with Gasteiger partial charge in [0.25, 0.3) is 0 Å². The quantitative estimate of drug-likeness (QED) is 0.485. The molecule has 4 aromatic rings. The van der Waals surface area contributed by atoms with Crippen LogP contribution in [-0.4, -0.2) is 16.1 Å². The maximum absolute atomic E-state index is 15.0. The standard InChI is InChI=1S/C21H15F2N3OS/c22-14-4-1-3-13(11-14)6-7-16-20-17(26-25-16)8-9-18(21(20)23)24-19(27)12-15-5-2-10-28-15/h1-11H,12H2,(H,24,27)(H,25,26)/b7-6+. The minimum Gasteiger partial charge on any atom is -0.323 e. The van der Waals surface area contributed by atoms with Crippen LogP contribution in [-0.2, 0) is 11.2 Å². The second-order valence-corrected chi connectivity index (χ2v) is 7.18. The number of hydrogen-bond acceptors (Lipinski definition) is 3. The molecule has 0 bridgehead atoms. The molecule has 4 rings (SSSR count). The molecule has 1 amide bonds. The average molecular weight is 395 g/mol. The van der Waals surface area contributed by atoms with E-state index < -0.39 is 5.82 Å². The van der Waals surface area contributed by atoms with Crippen LogP contribution in [0.15, 0.2) is 53.9 Å². The lowest BCUT2D eigenvalue weighted by Gasteiger charge is -2.06. The Hall–Kier alpha value is -3.32. The summed E-state index contributed by atoms with van der Waals surface area (Å²) in [6.45, 7) is 0. The summed E-state index contributed by atoms with van der Waals surface area (Å²) < 4.78 is 28.3. The number of thiophene rings is 1. The Morgan fingerprint density at radius 2 is 2.04 bits per heavy atom. The highest BCUT2D eigenvalue weighted by Crippen LogP contribution is 2.27. The summed E-state index contributed by atoms with van der Waals surface area (Å²) in [7, 11) is 0. The Morgan fingerprint density at radius 1 is 1.14 bits per heavy atom. The second-order valence-electron chi connectivity index (χ2n) is 6.15. The van der Waals surface area contributed by atoms with Gasteiger partial charge < -0.3 is 5.32 Å². The number of aromatic amines is 1. The van der Waals surface area contributed by atoms with Crippen molar-refractivity contribution in [2.45, 2.75) is 6.42 Å². The Morgan fingerprint density at radius 3 is 2.82 bits per heavy atom. The summed E-state index contributed by atoms with van der Waals surface area (Å²) in [6.07, 6.45) is 3.45. The van der Waals surface area contributed by atoms with Crippen molar-refractivity contribution >= 4 is 46.0 Å². The molecule has 0 fully saturated rings. The molecule has 2 N–H and O–H groups in total. The van der Waals surface area contributed by atoms with Gasteiger partial charge in [-0.1, -0.05) is 24.3 Å². The van der Waals surface area contributed by atoms with E-state index in [4.69, 9.17) is 0 Å². The van der Waals surface area contributed by atoms with Gasteiger partial charge in [0.15, 0.2) is 5.82 Å². The molecule has 0 aliphatic heterocycles. The molecule has 2 aromatic heterocycles. The highest BCUT2D eigenvalue weighted by molar-refractivity contribution is 7.10. The van der Waals surface area contributed by atoms with E-state index in [0.717, 1.165) is 4.88 Å². The van der Waals surface area contributed by atoms with E-state index in [9.17, 15) is 9.18 Å². The van der Waals surface area contributed by atoms with Crippen molar-refractivity contribution in [2.75, 3.05) is 5.32 Å². The van der Waals surface area contributed by atoms with Gasteiger partial charge in [0.05, 0.1) is 28.7 Å². The van der Waals surface area contributed by atoms with Gasteiger partial charge in [0, 0.05) is 4.88 Å². The molecule has 28 heavy (non-hydrogen) atoms. The van der Waals surface area contributed by atoms with Crippen molar-refractivity contribution in [1.29, 1.82) is 0 Å². The third-order valence-electron chi connectivity index (χ3n) is 4.17. The van der Waals surface area contributed by atoms with Crippen LogP contribution >= 0.6 is 11.3 Å². The van der Waals surface area contributed by atoms with Crippen molar-refractivity contribution in [1.82, 2.24) is 10.2 Å². The number of carbonyl (C=O) groups is 1. The van der Waals surface area contributed by atoms with Gasteiger partial charge in [0.2, 0.25) is 5.91 Å². The number of aromatic nitrogens is 2. The number of carbonyl (C=O) groups excluding carboxylic acids is 1. The van der Waals surface area contributed by atoms with E-state index in [0.29, 0.717) is 16.8 Å². The van der Waals surface area contributed by atoms with Gasteiger partial charge >= 0.3 is 0 Å². The second kappa shape index (κ2) is 7.74. The Labute approximate surface area is 163 Å². The first kappa shape index (κ1) is 18.1. The maximum Gasteiger partial charge on any atom is 0.229 e. The summed E-state index contributed by atoms with van der Waals surface area (Å²) in [5, 5.41) is 11.7. The first-order valence-corrected chi connectivity index (χ1v) is 9.40. The van der Waals surface area contributed by atoms with Gasteiger partial charge in [-0.25, -0.2) is 8.78 Å². The van der Waals surface area contributed by atoms with E-state index in [-0.39, 0.29) is 29.2 Å². The van der Waals surface area contributed by atoms with E-state index >= 15 is 4.39 Å². The Bertz CT molecular complexity index is 1170. The van der Waals surface area contributed by atoms with Crippen LogP contribution in [0.2, 0.25) is 0 Å². The van der Waals surface area contributed by atoms with Crippen molar-refractivity contribution in [3.05, 3.63) is 81.7 Å². The lowest BCUT2D eigenvalue weighted by molar-refractivity contribution is -0.115. The summed E-state index contributed by atoms with van der Waals surface area (Å²) in [5.41, 5.74) is 1.60. The fourth-order valence-corrected chi connectivity index (χ4v) is 3.57. The number of anilines is 1. The molecule has 0 aliphatic carbocycles. The van der Waals surface area contributed by atoms with E-state index in [1.54, 1.807) is 30.4 Å². The van der Waals surface area contributed by atoms with Crippen LogP contribution in [0.4, 0.5) is 14.5 Å². The van der Waals surface area contributed by atoms with Crippen LogP contribution in [0, 0.1) is 11.6 Å². The molecule has 0 saturated heterocycles. The molecule has 4 nitrogen and oxygen atoms in total. The zero-order valence-electron chi connectivity index (χ0n) is 14.6. The lowest BCUT2D eigenvalue weighted by Crippen LogP contribution is -2.14. The predicted molar refractivity (Wildman–Crippen MR) is 108 cm³/mol. The normalized spacial score (nSPS) is 11.4. The molecule has 0 radical (unpaired) electrons. The number of nitrogens with zero attached hydrogens (tertiary/aromatic N) is 1. The monoisotopic (exact) mass is 395 g/mol.